The second kappa shape index (κ2) is 7.53. The van der Waals surface area contributed by atoms with Crippen LogP contribution in [0.1, 0.15) is 38.0 Å². The molecule has 0 spiro atoms. The van der Waals surface area contributed by atoms with Crippen molar-refractivity contribution in [1.82, 2.24) is 5.32 Å². The number of rotatable bonds is 5. The van der Waals surface area contributed by atoms with Gasteiger partial charge in [0, 0.05) is 6.54 Å². The van der Waals surface area contributed by atoms with Crippen LogP contribution in [0.5, 0.6) is 0 Å². The molecule has 1 rings (SSSR count). The van der Waals surface area contributed by atoms with E-state index in [1.807, 2.05) is 0 Å². The molecular formula is C15H22FNO5. The van der Waals surface area contributed by atoms with Gasteiger partial charge in [0.25, 0.3) is 0 Å². The topological polar surface area (TPSA) is 99.0 Å². The van der Waals surface area contributed by atoms with Gasteiger partial charge in [0.1, 0.15) is 23.6 Å². The van der Waals surface area contributed by atoms with E-state index in [1.54, 1.807) is 20.8 Å². The predicted molar refractivity (Wildman–Crippen MR) is 77.5 cm³/mol. The maximum Gasteiger partial charge on any atom is 0.407 e. The number of benzene rings is 1. The molecule has 0 aliphatic carbocycles. The number of hydrogen-bond donors (Lipinski definition) is 4. The molecule has 0 aliphatic heterocycles. The molecule has 0 bridgehead atoms. The Balaban J connectivity index is 2.68. The second-order valence-corrected chi connectivity index (χ2v) is 5.90. The Morgan fingerprint density at radius 1 is 1.36 bits per heavy atom. The molecule has 4 N–H and O–H groups in total. The van der Waals surface area contributed by atoms with E-state index in [0.29, 0.717) is 5.56 Å². The number of aliphatic hydroxyl groups is 3. The number of aliphatic hydroxyl groups excluding tert-OH is 3. The second-order valence-electron chi connectivity index (χ2n) is 5.90. The maximum absolute atomic E-state index is 13.2. The van der Waals surface area contributed by atoms with Crippen molar-refractivity contribution in [2.45, 2.75) is 45.2 Å². The van der Waals surface area contributed by atoms with Crippen molar-refractivity contribution in [3.05, 3.63) is 35.1 Å². The average Bonchev–Trinajstić information content (AvgIpc) is 2.42. The fourth-order valence-corrected chi connectivity index (χ4v) is 1.81. The Hall–Kier alpha value is -1.70. The van der Waals surface area contributed by atoms with E-state index in [0.717, 1.165) is 12.1 Å². The normalized spacial score (nSPS) is 14.3. The van der Waals surface area contributed by atoms with Gasteiger partial charge in [-0.25, -0.2) is 9.18 Å². The number of amides is 1. The Labute approximate surface area is 128 Å². The van der Waals surface area contributed by atoms with Gasteiger partial charge in [-0.2, -0.15) is 0 Å². The average molecular weight is 315 g/mol. The minimum absolute atomic E-state index is 0.0704. The van der Waals surface area contributed by atoms with Crippen LogP contribution in [0.15, 0.2) is 18.2 Å². The first-order chi connectivity index (χ1) is 10.1. The largest absolute Gasteiger partial charge is 0.444 e. The summed E-state index contributed by atoms with van der Waals surface area (Å²) >= 11 is 0. The lowest BCUT2D eigenvalue weighted by Crippen LogP contribution is -2.39. The smallest absolute Gasteiger partial charge is 0.407 e. The molecule has 0 saturated heterocycles. The van der Waals surface area contributed by atoms with Gasteiger partial charge in [-0.1, -0.05) is 6.07 Å². The monoisotopic (exact) mass is 315 g/mol. The number of halogens is 1. The first-order valence-corrected chi connectivity index (χ1v) is 6.86. The lowest BCUT2D eigenvalue weighted by molar-refractivity contribution is 0.0119. The van der Waals surface area contributed by atoms with E-state index in [2.05, 4.69) is 5.32 Å². The fraction of sp³-hybridized carbons (Fsp3) is 0.533. The summed E-state index contributed by atoms with van der Waals surface area (Å²) in [5.74, 6) is -0.599. The molecule has 0 fully saturated rings. The Bertz CT molecular complexity index is 515. The predicted octanol–water partition coefficient (Wildman–Crippen LogP) is 1.24. The zero-order chi connectivity index (χ0) is 16.9. The molecule has 2 unspecified atom stereocenters. The maximum atomic E-state index is 13.2. The number of hydrogen-bond acceptors (Lipinski definition) is 5. The van der Waals surface area contributed by atoms with E-state index < -0.39 is 36.3 Å². The molecule has 124 valence electrons. The van der Waals surface area contributed by atoms with Crippen LogP contribution in [0, 0.1) is 5.82 Å². The Morgan fingerprint density at radius 3 is 2.55 bits per heavy atom. The zero-order valence-electron chi connectivity index (χ0n) is 12.8. The molecule has 0 aromatic heterocycles. The number of alkyl carbamates (subject to hydrolysis) is 1. The SMILES string of the molecule is CC(C)(C)OC(=O)NCC(O)C(O)c1cc(F)ccc1CO. The van der Waals surface area contributed by atoms with Crippen LogP contribution in [0.2, 0.25) is 0 Å². The summed E-state index contributed by atoms with van der Waals surface area (Å²) in [5, 5.41) is 31.5. The molecule has 1 amide bonds. The molecule has 0 aliphatic rings. The van der Waals surface area contributed by atoms with Crippen LogP contribution in [0.25, 0.3) is 0 Å². The minimum atomic E-state index is -1.45. The summed E-state index contributed by atoms with van der Waals surface area (Å²) in [5.41, 5.74) is -0.313. The summed E-state index contributed by atoms with van der Waals surface area (Å²) in [7, 11) is 0. The molecule has 6 nitrogen and oxygen atoms in total. The molecule has 1 aromatic rings. The summed E-state index contributed by atoms with van der Waals surface area (Å²) in [6.07, 6.45) is -3.56. The van der Waals surface area contributed by atoms with Crippen LogP contribution >= 0.6 is 0 Å². The van der Waals surface area contributed by atoms with Crippen molar-refractivity contribution in [2.75, 3.05) is 6.54 Å². The molecule has 1 aromatic carbocycles. The molecular weight excluding hydrogens is 293 g/mol. The van der Waals surface area contributed by atoms with Crippen LogP contribution in [-0.2, 0) is 11.3 Å². The van der Waals surface area contributed by atoms with Crippen molar-refractivity contribution in [3.8, 4) is 0 Å². The lowest BCUT2D eigenvalue weighted by atomic mass is 9.98. The highest BCUT2D eigenvalue weighted by molar-refractivity contribution is 5.67. The van der Waals surface area contributed by atoms with Crippen LogP contribution in [0.3, 0.4) is 0 Å². The first-order valence-electron chi connectivity index (χ1n) is 6.86. The third-order valence-electron chi connectivity index (χ3n) is 2.82. The van der Waals surface area contributed by atoms with Crippen LogP contribution in [-0.4, -0.2) is 39.7 Å². The van der Waals surface area contributed by atoms with Crippen molar-refractivity contribution >= 4 is 6.09 Å². The number of ether oxygens (including phenoxy) is 1. The van der Waals surface area contributed by atoms with Gasteiger partial charge in [-0.3, -0.25) is 0 Å². The van der Waals surface area contributed by atoms with E-state index in [1.165, 1.54) is 6.07 Å². The van der Waals surface area contributed by atoms with Gasteiger partial charge >= 0.3 is 6.09 Å². The van der Waals surface area contributed by atoms with Crippen molar-refractivity contribution in [2.24, 2.45) is 0 Å². The van der Waals surface area contributed by atoms with Gasteiger partial charge in [0.15, 0.2) is 0 Å². The van der Waals surface area contributed by atoms with Gasteiger partial charge in [-0.05, 0) is 44.0 Å². The van der Waals surface area contributed by atoms with Gasteiger partial charge in [0.2, 0.25) is 0 Å². The number of carbonyl (C=O) groups excluding carboxylic acids is 1. The Kier molecular flexibility index (Phi) is 6.28. The Morgan fingerprint density at radius 2 is 2.00 bits per heavy atom. The highest BCUT2D eigenvalue weighted by Crippen LogP contribution is 2.22. The fourth-order valence-electron chi connectivity index (χ4n) is 1.81. The summed E-state index contributed by atoms with van der Waals surface area (Å²) in [6.45, 7) is 4.39. The van der Waals surface area contributed by atoms with E-state index in [4.69, 9.17) is 4.74 Å². The standard InChI is InChI=1S/C15H22FNO5/c1-15(2,3)22-14(21)17-7-12(19)13(20)11-6-10(16)5-4-9(11)8-18/h4-6,12-13,18-20H,7-8H2,1-3H3,(H,17,21). The third-order valence-corrected chi connectivity index (χ3v) is 2.82. The summed E-state index contributed by atoms with van der Waals surface area (Å²) in [6, 6.07) is 3.50. The van der Waals surface area contributed by atoms with Crippen LogP contribution < -0.4 is 5.32 Å². The molecule has 0 heterocycles. The minimum Gasteiger partial charge on any atom is -0.444 e. The van der Waals surface area contributed by atoms with E-state index >= 15 is 0 Å². The zero-order valence-corrected chi connectivity index (χ0v) is 12.8. The molecule has 7 heteroatoms. The van der Waals surface area contributed by atoms with E-state index in [-0.39, 0.29) is 12.1 Å². The van der Waals surface area contributed by atoms with Gasteiger partial charge in [-0.15, -0.1) is 0 Å². The van der Waals surface area contributed by atoms with Crippen molar-refractivity contribution in [3.63, 3.8) is 0 Å². The van der Waals surface area contributed by atoms with Crippen LogP contribution in [0.4, 0.5) is 9.18 Å². The lowest BCUT2D eigenvalue weighted by Gasteiger charge is -2.23. The quantitative estimate of drug-likeness (QED) is 0.655. The van der Waals surface area contributed by atoms with Gasteiger partial charge < -0.3 is 25.4 Å². The molecule has 22 heavy (non-hydrogen) atoms. The summed E-state index contributed by atoms with van der Waals surface area (Å²) in [4.78, 5) is 11.5. The van der Waals surface area contributed by atoms with Crippen molar-refractivity contribution < 1.29 is 29.2 Å². The van der Waals surface area contributed by atoms with Crippen molar-refractivity contribution in [1.29, 1.82) is 0 Å². The molecule has 0 saturated carbocycles. The highest BCUT2D eigenvalue weighted by Gasteiger charge is 2.23. The van der Waals surface area contributed by atoms with E-state index in [9.17, 15) is 24.5 Å². The summed E-state index contributed by atoms with van der Waals surface area (Å²) < 4.78 is 18.2. The first kappa shape index (κ1) is 18.3. The van der Waals surface area contributed by atoms with Gasteiger partial charge in [0.05, 0.1) is 6.61 Å². The number of nitrogens with one attached hydrogen (secondary N) is 1. The number of carbonyl (C=O) groups is 1. The highest BCUT2D eigenvalue weighted by atomic mass is 19.1. The third kappa shape index (κ3) is 5.59. The molecule has 0 radical (unpaired) electrons. The molecule has 2 atom stereocenters.